The highest BCUT2D eigenvalue weighted by Gasteiger charge is 2.35. The number of aryl methyl sites for hydroxylation is 1. The van der Waals surface area contributed by atoms with Crippen molar-refractivity contribution >= 4 is 11.8 Å². The van der Waals surface area contributed by atoms with E-state index in [1.807, 2.05) is 13.8 Å². The van der Waals surface area contributed by atoms with E-state index in [9.17, 15) is 9.59 Å². The summed E-state index contributed by atoms with van der Waals surface area (Å²) in [5, 5.41) is 15.8. The van der Waals surface area contributed by atoms with Gasteiger partial charge in [0.05, 0.1) is 14.2 Å². The molecule has 1 aliphatic rings. The topological polar surface area (TPSA) is 134 Å². The summed E-state index contributed by atoms with van der Waals surface area (Å²) in [6.45, 7) is 4.84. The van der Waals surface area contributed by atoms with Crippen LogP contribution in [0.25, 0.3) is 11.4 Å². The number of ether oxygens (including phenoxy) is 3. The normalized spacial score (nSPS) is 14.4. The van der Waals surface area contributed by atoms with Crippen LogP contribution in [0.4, 0.5) is 0 Å². The lowest BCUT2D eigenvalue weighted by Crippen LogP contribution is -2.48. The summed E-state index contributed by atoms with van der Waals surface area (Å²) in [6, 6.07) is 7.98. The molecule has 1 aromatic carbocycles. The molecule has 4 rings (SSSR count). The summed E-state index contributed by atoms with van der Waals surface area (Å²) in [4.78, 5) is 30.3. The van der Waals surface area contributed by atoms with Gasteiger partial charge in [0, 0.05) is 31.4 Å². The van der Waals surface area contributed by atoms with Crippen LogP contribution in [0.2, 0.25) is 0 Å². The molecule has 0 aliphatic heterocycles. The van der Waals surface area contributed by atoms with Crippen molar-refractivity contribution in [2.75, 3.05) is 34.0 Å². The number of methoxy groups -OCH3 is 2. The van der Waals surface area contributed by atoms with Crippen molar-refractivity contribution in [2.24, 2.45) is 0 Å². The minimum absolute atomic E-state index is 0.0798. The molecule has 1 aliphatic carbocycles. The van der Waals surface area contributed by atoms with Crippen molar-refractivity contribution in [3.8, 4) is 22.9 Å². The van der Waals surface area contributed by atoms with Gasteiger partial charge in [-0.3, -0.25) is 9.59 Å². The Morgan fingerprint density at radius 3 is 2.59 bits per heavy atom. The third kappa shape index (κ3) is 7.84. The van der Waals surface area contributed by atoms with E-state index in [1.54, 1.807) is 44.6 Å². The number of carbonyl (C=O) groups excluding carboxylic acids is 2. The monoisotopic (exact) mass is 568 g/mol. The second kappa shape index (κ2) is 14.6. The molecule has 222 valence electrons. The van der Waals surface area contributed by atoms with Crippen molar-refractivity contribution in [1.82, 2.24) is 30.4 Å². The van der Waals surface area contributed by atoms with E-state index in [-0.39, 0.29) is 24.4 Å². The van der Waals surface area contributed by atoms with Crippen LogP contribution in [0.3, 0.4) is 0 Å². The summed E-state index contributed by atoms with van der Waals surface area (Å²) in [7, 11) is 3.11. The van der Waals surface area contributed by atoms with Gasteiger partial charge in [-0.2, -0.15) is 4.80 Å². The number of aromatic nitrogens is 4. The van der Waals surface area contributed by atoms with Crippen LogP contribution >= 0.6 is 0 Å². The molecule has 41 heavy (non-hydrogen) atoms. The van der Waals surface area contributed by atoms with Gasteiger partial charge in [0.2, 0.25) is 11.7 Å². The predicted octanol–water partition coefficient (Wildman–Crippen LogP) is 3.70. The molecule has 0 radical (unpaired) electrons. The highest BCUT2D eigenvalue weighted by Crippen LogP contribution is 2.31. The Balaban J connectivity index is 1.57. The fourth-order valence-electron chi connectivity index (χ4n) is 5.04. The molecule has 12 heteroatoms. The largest absolute Gasteiger partial charge is 0.493 e. The summed E-state index contributed by atoms with van der Waals surface area (Å²) >= 11 is 0. The number of nitrogens with one attached hydrogen (secondary N) is 1. The average Bonchev–Trinajstić information content (AvgIpc) is 3.63. The Hall–Kier alpha value is -3.93. The molecule has 3 aromatic rings. The second-order valence-corrected chi connectivity index (χ2v) is 10.0. The lowest BCUT2D eigenvalue weighted by Gasteiger charge is -2.32. The second-order valence-electron chi connectivity index (χ2n) is 10.0. The van der Waals surface area contributed by atoms with Crippen LogP contribution in [0.15, 0.2) is 34.7 Å². The quantitative estimate of drug-likeness (QED) is 0.289. The molecule has 2 heterocycles. The molecule has 0 unspecified atom stereocenters. The number of benzene rings is 1. The number of amides is 2. The Bertz CT molecular complexity index is 1280. The molecule has 0 spiro atoms. The molecule has 2 aromatic heterocycles. The van der Waals surface area contributed by atoms with Gasteiger partial charge in [-0.05, 0) is 68.7 Å². The average molecular weight is 569 g/mol. The summed E-state index contributed by atoms with van der Waals surface area (Å²) < 4.78 is 22.1. The number of rotatable bonds is 14. The summed E-state index contributed by atoms with van der Waals surface area (Å²) in [6.07, 6.45) is 5.73. The maximum atomic E-state index is 13.8. The number of tetrazole rings is 1. The highest BCUT2D eigenvalue weighted by atomic mass is 16.5. The van der Waals surface area contributed by atoms with E-state index in [1.165, 1.54) is 16.1 Å². The Kier molecular flexibility index (Phi) is 10.7. The minimum atomic E-state index is -0.936. The molecule has 0 saturated heterocycles. The number of hydrogen-bond donors (Lipinski definition) is 1. The predicted molar refractivity (Wildman–Crippen MR) is 150 cm³/mol. The van der Waals surface area contributed by atoms with Gasteiger partial charge in [0.1, 0.15) is 18.1 Å². The van der Waals surface area contributed by atoms with Crippen molar-refractivity contribution in [2.45, 2.75) is 71.0 Å². The van der Waals surface area contributed by atoms with E-state index in [2.05, 4.69) is 20.7 Å². The van der Waals surface area contributed by atoms with E-state index in [0.29, 0.717) is 60.6 Å². The molecule has 0 bridgehead atoms. The maximum absolute atomic E-state index is 13.8. The smallest absolute Gasteiger partial charge is 0.250 e. The number of hydrogen-bond acceptors (Lipinski definition) is 9. The molecule has 1 saturated carbocycles. The first-order valence-corrected chi connectivity index (χ1v) is 14.2. The van der Waals surface area contributed by atoms with Gasteiger partial charge in [-0.25, -0.2) is 0 Å². The van der Waals surface area contributed by atoms with Crippen LogP contribution in [0, 0.1) is 6.92 Å². The third-order valence-electron chi connectivity index (χ3n) is 7.13. The van der Waals surface area contributed by atoms with E-state index < -0.39 is 6.04 Å². The van der Waals surface area contributed by atoms with Crippen LogP contribution in [0.1, 0.15) is 63.0 Å². The molecule has 1 fully saturated rings. The Labute approximate surface area is 240 Å². The summed E-state index contributed by atoms with van der Waals surface area (Å²) in [5.41, 5.74) is 0.658. The fourth-order valence-corrected chi connectivity index (χ4v) is 5.04. The molecule has 12 nitrogen and oxygen atoms in total. The number of furan rings is 1. The van der Waals surface area contributed by atoms with Crippen LogP contribution < -0.4 is 14.8 Å². The first-order chi connectivity index (χ1) is 19.9. The van der Waals surface area contributed by atoms with Gasteiger partial charge in [0.15, 0.2) is 17.5 Å². The van der Waals surface area contributed by atoms with E-state index in [0.717, 1.165) is 25.7 Å². The van der Waals surface area contributed by atoms with Gasteiger partial charge < -0.3 is 28.8 Å². The Morgan fingerprint density at radius 1 is 1.12 bits per heavy atom. The third-order valence-corrected chi connectivity index (χ3v) is 7.13. The number of carbonyl (C=O) groups is 2. The van der Waals surface area contributed by atoms with Crippen molar-refractivity contribution in [3.63, 3.8) is 0 Å². The first kappa shape index (κ1) is 30.0. The zero-order valence-electron chi connectivity index (χ0n) is 24.3. The molecule has 1 atom stereocenters. The van der Waals surface area contributed by atoms with Crippen molar-refractivity contribution < 1.29 is 28.2 Å². The van der Waals surface area contributed by atoms with E-state index >= 15 is 0 Å². The standard InChI is InChI=1S/C29H40N6O6/c1-5-40-17-9-16-34(27(24-14-12-20(2)41-24)29(37)30-22-10-7-6-8-11-22)26(36)19-35-32-28(31-33-35)21-13-15-23(38-3)25(18-21)39-4/h12-15,18,22,27H,5-11,16-17,19H2,1-4H3,(H,30,37)/t27-/m0/s1. The van der Waals surface area contributed by atoms with Gasteiger partial charge >= 0.3 is 0 Å². The number of nitrogens with zero attached hydrogens (tertiary/aromatic N) is 5. The maximum Gasteiger partial charge on any atom is 0.250 e. The summed E-state index contributed by atoms with van der Waals surface area (Å²) in [5.74, 6) is 1.91. The van der Waals surface area contributed by atoms with Crippen molar-refractivity contribution in [1.29, 1.82) is 0 Å². The minimum Gasteiger partial charge on any atom is -0.493 e. The molecular weight excluding hydrogens is 528 g/mol. The van der Waals surface area contributed by atoms with Gasteiger partial charge in [0.25, 0.3) is 5.91 Å². The van der Waals surface area contributed by atoms with Crippen LogP contribution in [-0.2, 0) is 20.9 Å². The highest BCUT2D eigenvalue weighted by molar-refractivity contribution is 5.88. The zero-order valence-corrected chi connectivity index (χ0v) is 24.3. The molecule has 2 amide bonds. The SMILES string of the molecule is CCOCCCN(C(=O)Cn1nnc(-c2ccc(OC)c(OC)c2)n1)[C@H](C(=O)NC1CCCCC1)c1ccc(C)o1. The molecule has 1 N–H and O–H groups in total. The fraction of sp³-hybridized carbons (Fsp3) is 0.552. The van der Waals surface area contributed by atoms with E-state index in [4.69, 9.17) is 18.6 Å². The first-order valence-electron chi connectivity index (χ1n) is 14.2. The Morgan fingerprint density at radius 2 is 1.90 bits per heavy atom. The zero-order chi connectivity index (χ0) is 29.2. The lowest BCUT2D eigenvalue weighted by atomic mass is 9.95. The van der Waals surface area contributed by atoms with Gasteiger partial charge in [-0.1, -0.05) is 19.3 Å². The van der Waals surface area contributed by atoms with Crippen LogP contribution in [0.5, 0.6) is 11.5 Å². The van der Waals surface area contributed by atoms with Gasteiger partial charge in [-0.15, -0.1) is 10.2 Å². The van der Waals surface area contributed by atoms with Crippen LogP contribution in [-0.4, -0.2) is 76.9 Å². The lowest BCUT2D eigenvalue weighted by molar-refractivity contribution is -0.143. The molecular formula is C29H40N6O6. The van der Waals surface area contributed by atoms with Crippen molar-refractivity contribution in [3.05, 3.63) is 41.9 Å².